The second-order valence-corrected chi connectivity index (χ2v) is 5.65. The Kier molecular flexibility index (Phi) is 5.54. The Morgan fingerprint density at radius 1 is 1.33 bits per heavy atom. The van der Waals surface area contributed by atoms with Gasteiger partial charge in [-0.15, -0.1) is 11.8 Å². The molecule has 1 saturated heterocycles. The van der Waals surface area contributed by atoms with E-state index in [0.717, 1.165) is 19.7 Å². The zero-order chi connectivity index (χ0) is 12.8. The van der Waals surface area contributed by atoms with Crippen LogP contribution in [-0.4, -0.2) is 26.0 Å². The van der Waals surface area contributed by atoms with Crippen molar-refractivity contribution in [2.24, 2.45) is 5.92 Å². The van der Waals surface area contributed by atoms with Crippen LogP contribution in [0, 0.1) is 5.92 Å². The first kappa shape index (κ1) is 13.9. The standard InChI is InChI=1S/C15H23NOS/c1-3-16-11-13-5-4-10-17-15(13)12-6-8-14(18-2)9-7-12/h6-9,13,15-16H,3-5,10-11H2,1-2H3. The monoisotopic (exact) mass is 265 g/mol. The van der Waals surface area contributed by atoms with E-state index in [1.807, 2.05) is 0 Å². The van der Waals surface area contributed by atoms with Crippen LogP contribution in [0.4, 0.5) is 0 Å². The Labute approximate surface area is 114 Å². The molecular weight excluding hydrogens is 242 g/mol. The van der Waals surface area contributed by atoms with E-state index < -0.39 is 0 Å². The molecule has 1 aromatic carbocycles. The highest BCUT2D eigenvalue weighted by Crippen LogP contribution is 2.33. The van der Waals surface area contributed by atoms with Crippen LogP contribution < -0.4 is 5.32 Å². The quantitative estimate of drug-likeness (QED) is 0.824. The van der Waals surface area contributed by atoms with Gasteiger partial charge in [-0.3, -0.25) is 0 Å². The minimum atomic E-state index is 0.272. The van der Waals surface area contributed by atoms with Gasteiger partial charge in [0.2, 0.25) is 0 Å². The minimum Gasteiger partial charge on any atom is -0.373 e. The molecule has 1 aromatic rings. The van der Waals surface area contributed by atoms with Gasteiger partial charge in [-0.05, 0) is 43.3 Å². The van der Waals surface area contributed by atoms with Crippen molar-refractivity contribution < 1.29 is 4.74 Å². The predicted octanol–water partition coefficient (Wildman–Crippen LogP) is 3.49. The Morgan fingerprint density at radius 3 is 2.78 bits per heavy atom. The Morgan fingerprint density at radius 2 is 2.11 bits per heavy atom. The highest BCUT2D eigenvalue weighted by molar-refractivity contribution is 7.98. The van der Waals surface area contributed by atoms with E-state index in [-0.39, 0.29) is 6.10 Å². The third kappa shape index (κ3) is 3.50. The molecule has 2 unspecified atom stereocenters. The van der Waals surface area contributed by atoms with E-state index in [1.54, 1.807) is 11.8 Å². The zero-order valence-electron chi connectivity index (χ0n) is 11.3. The van der Waals surface area contributed by atoms with Crippen molar-refractivity contribution in [3.8, 4) is 0 Å². The molecule has 0 bridgehead atoms. The molecule has 2 nitrogen and oxygen atoms in total. The van der Waals surface area contributed by atoms with Gasteiger partial charge < -0.3 is 10.1 Å². The van der Waals surface area contributed by atoms with Crippen molar-refractivity contribution in [2.75, 3.05) is 26.0 Å². The van der Waals surface area contributed by atoms with Crippen molar-refractivity contribution in [3.63, 3.8) is 0 Å². The molecule has 0 spiro atoms. The van der Waals surface area contributed by atoms with Gasteiger partial charge in [0.05, 0.1) is 6.10 Å². The van der Waals surface area contributed by atoms with Gasteiger partial charge in [-0.2, -0.15) is 0 Å². The second-order valence-electron chi connectivity index (χ2n) is 4.77. The molecule has 1 aliphatic heterocycles. The SMILES string of the molecule is CCNCC1CCCOC1c1ccc(SC)cc1. The summed E-state index contributed by atoms with van der Waals surface area (Å²) in [4.78, 5) is 1.32. The van der Waals surface area contributed by atoms with Crippen LogP contribution in [0.2, 0.25) is 0 Å². The van der Waals surface area contributed by atoms with Crippen LogP contribution in [0.15, 0.2) is 29.2 Å². The van der Waals surface area contributed by atoms with Crippen molar-refractivity contribution in [2.45, 2.75) is 30.8 Å². The van der Waals surface area contributed by atoms with E-state index in [0.29, 0.717) is 5.92 Å². The van der Waals surface area contributed by atoms with E-state index >= 15 is 0 Å². The highest BCUT2D eigenvalue weighted by Gasteiger charge is 2.26. The smallest absolute Gasteiger partial charge is 0.0865 e. The van der Waals surface area contributed by atoms with Gasteiger partial charge in [0.25, 0.3) is 0 Å². The molecular formula is C15H23NOS. The number of hydrogen-bond donors (Lipinski definition) is 1. The average molecular weight is 265 g/mol. The molecule has 0 radical (unpaired) electrons. The molecule has 1 aliphatic rings. The second kappa shape index (κ2) is 7.17. The molecule has 18 heavy (non-hydrogen) atoms. The van der Waals surface area contributed by atoms with Crippen LogP contribution >= 0.6 is 11.8 Å². The summed E-state index contributed by atoms with van der Waals surface area (Å²) in [5.41, 5.74) is 1.33. The summed E-state index contributed by atoms with van der Waals surface area (Å²) < 4.78 is 6.00. The summed E-state index contributed by atoms with van der Waals surface area (Å²) in [6.45, 7) is 5.16. The first-order valence-corrected chi connectivity index (χ1v) is 8.04. The minimum absolute atomic E-state index is 0.272. The first-order valence-electron chi connectivity index (χ1n) is 6.81. The summed E-state index contributed by atoms with van der Waals surface area (Å²) in [7, 11) is 0. The molecule has 2 atom stereocenters. The predicted molar refractivity (Wildman–Crippen MR) is 78.2 cm³/mol. The van der Waals surface area contributed by atoms with Crippen molar-refractivity contribution in [1.29, 1.82) is 0 Å². The molecule has 100 valence electrons. The summed E-state index contributed by atoms with van der Waals surface area (Å²) in [5, 5.41) is 3.46. The van der Waals surface area contributed by atoms with Crippen molar-refractivity contribution >= 4 is 11.8 Å². The number of thioether (sulfide) groups is 1. The number of hydrogen-bond acceptors (Lipinski definition) is 3. The molecule has 0 amide bonds. The van der Waals surface area contributed by atoms with Crippen LogP contribution in [0.1, 0.15) is 31.4 Å². The van der Waals surface area contributed by atoms with E-state index in [1.165, 1.54) is 23.3 Å². The van der Waals surface area contributed by atoms with Gasteiger partial charge >= 0.3 is 0 Å². The van der Waals surface area contributed by atoms with E-state index in [2.05, 4.69) is 42.8 Å². The van der Waals surface area contributed by atoms with Gasteiger partial charge in [-0.1, -0.05) is 19.1 Å². The fraction of sp³-hybridized carbons (Fsp3) is 0.600. The molecule has 3 heteroatoms. The molecule has 0 saturated carbocycles. The van der Waals surface area contributed by atoms with E-state index in [4.69, 9.17) is 4.74 Å². The first-order chi connectivity index (χ1) is 8.85. The summed E-state index contributed by atoms with van der Waals surface area (Å²) in [6, 6.07) is 8.84. The molecule has 0 aliphatic carbocycles. The zero-order valence-corrected chi connectivity index (χ0v) is 12.1. The lowest BCUT2D eigenvalue weighted by Gasteiger charge is -2.32. The lowest BCUT2D eigenvalue weighted by Crippen LogP contribution is -2.31. The van der Waals surface area contributed by atoms with Crippen LogP contribution in [0.3, 0.4) is 0 Å². The molecule has 1 fully saturated rings. The highest BCUT2D eigenvalue weighted by atomic mass is 32.2. The summed E-state index contributed by atoms with van der Waals surface area (Å²) in [6.07, 6.45) is 4.84. The number of ether oxygens (including phenoxy) is 1. The molecule has 0 aromatic heterocycles. The number of nitrogens with one attached hydrogen (secondary N) is 1. The fourth-order valence-corrected chi connectivity index (χ4v) is 2.95. The number of rotatable bonds is 5. The Hall–Kier alpha value is -0.510. The maximum Gasteiger partial charge on any atom is 0.0865 e. The maximum atomic E-state index is 6.00. The molecule has 2 rings (SSSR count). The normalized spacial score (nSPS) is 24.1. The summed E-state index contributed by atoms with van der Waals surface area (Å²) >= 11 is 1.79. The number of benzene rings is 1. The van der Waals surface area contributed by atoms with Crippen LogP contribution in [0.5, 0.6) is 0 Å². The average Bonchev–Trinajstić information content (AvgIpc) is 2.45. The lowest BCUT2D eigenvalue weighted by molar-refractivity contribution is -0.0276. The third-order valence-corrected chi connectivity index (χ3v) is 4.29. The third-order valence-electron chi connectivity index (χ3n) is 3.55. The van der Waals surface area contributed by atoms with Gasteiger partial charge in [0.15, 0.2) is 0 Å². The lowest BCUT2D eigenvalue weighted by atomic mass is 9.89. The Balaban J connectivity index is 2.06. The molecule has 1 N–H and O–H groups in total. The van der Waals surface area contributed by atoms with Crippen molar-refractivity contribution in [3.05, 3.63) is 29.8 Å². The van der Waals surface area contributed by atoms with Gasteiger partial charge in [-0.25, -0.2) is 0 Å². The topological polar surface area (TPSA) is 21.3 Å². The fourth-order valence-electron chi connectivity index (χ4n) is 2.54. The largest absolute Gasteiger partial charge is 0.373 e. The van der Waals surface area contributed by atoms with Crippen LogP contribution in [-0.2, 0) is 4.74 Å². The van der Waals surface area contributed by atoms with Crippen molar-refractivity contribution in [1.82, 2.24) is 5.32 Å². The van der Waals surface area contributed by atoms with Crippen LogP contribution in [0.25, 0.3) is 0 Å². The van der Waals surface area contributed by atoms with Gasteiger partial charge in [0, 0.05) is 24.0 Å². The maximum absolute atomic E-state index is 6.00. The van der Waals surface area contributed by atoms with E-state index in [9.17, 15) is 0 Å². The summed E-state index contributed by atoms with van der Waals surface area (Å²) in [5.74, 6) is 0.610. The Bertz CT molecular complexity index is 352. The molecule has 1 heterocycles. The van der Waals surface area contributed by atoms with Gasteiger partial charge in [0.1, 0.15) is 0 Å².